The van der Waals surface area contributed by atoms with Gasteiger partial charge in [-0.3, -0.25) is 0 Å². The summed E-state index contributed by atoms with van der Waals surface area (Å²) in [5, 5.41) is 2.09. The molecule has 0 spiro atoms. The van der Waals surface area contributed by atoms with Crippen molar-refractivity contribution < 1.29 is 0 Å². The Morgan fingerprint density at radius 3 is 2.50 bits per heavy atom. The van der Waals surface area contributed by atoms with E-state index in [1.165, 1.54) is 10.4 Å². The first-order valence-corrected chi connectivity index (χ1v) is 5.28. The quantitative estimate of drug-likeness (QED) is 0.634. The summed E-state index contributed by atoms with van der Waals surface area (Å²) in [4.78, 5) is 1.30. The average molecular weight is 198 g/mol. The molecule has 0 atom stereocenters. The van der Waals surface area contributed by atoms with Crippen LogP contribution in [0.1, 0.15) is 5.56 Å². The van der Waals surface area contributed by atoms with E-state index in [0.717, 1.165) is 5.56 Å². The first kappa shape index (κ1) is 9.01. The summed E-state index contributed by atoms with van der Waals surface area (Å²) in [6.45, 7) is 3.55. The highest BCUT2D eigenvalue weighted by Crippen LogP contribution is 2.24. The molecule has 0 fully saturated rings. The Bertz CT molecular complexity index is 442. The molecule has 0 aliphatic heterocycles. The highest BCUT2D eigenvalue weighted by Gasteiger charge is 1.96. The van der Waals surface area contributed by atoms with Gasteiger partial charge in [0.1, 0.15) is 0 Å². The van der Waals surface area contributed by atoms with Gasteiger partial charge in [-0.1, -0.05) is 36.9 Å². The highest BCUT2D eigenvalue weighted by molar-refractivity contribution is 7.13. The van der Waals surface area contributed by atoms with Gasteiger partial charge in [0, 0.05) is 4.88 Å². The number of hydrogen-bond donors (Lipinski definition) is 0. The maximum Gasteiger partial charge on any atom is 0.0342 e. The number of rotatable bonds is 2. The molecule has 0 bridgehead atoms. The molecule has 0 saturated carbocycles. The Morgan fingerprint density at radius 2 is 1.93 bits per heavy atom. The van der Waals surface area contributed by atoms with Crippen molar-refractivity contribution >= 4 is 17.4 Å². The van der Waals surface area contributed by atoms with Crippen LogP contribution in [0.5, 0.6) is 0 Å². The van der Waals surface area contributed by atoms with E-state index in [1.54, 1.807) is 11.3 Å². The van der Waals surface area contributed by atoms with Crippen LogP contribution in [-0.4, -0.2) is 0 Å². The Balaban J connectivity index is 2.35. The summed E-state index contributed by atoms with van der Waals surface area (Å²) >= 11 is 1.76. The molecule has 1 aromatic heterocycles. The van der Waals surface area contributed by atoms with Crippen LogP contribution in [-0.2, 0) is 0 Å². The minimum atomic E-state index is 1.14. The second-order valence-electron chi connectivity index (χ2n) is 2.95. The molecule has 0 aliphatic carbocycles. The molecule has 1 heterocycles. The number of hydrogen-bond acceptors (Lipinski definition) is 1. The lowest BCUT2D eigenvalue weighted by Crippen LogP contribution is -1.73. The van der Waals surface area contributed by atoms with Gasteiger partial charge in [-0.2, -0.15) is 0 Å². The molecule has 2 rings (SSSR count). The average Bonchev–Trinajstić information content (AvgIpc) is 2.72. The molecule has 0 aliphatic rings. The summed E-state index contributed by atoms with van der Waals surface area (Å²) in [7, 11) is 0. The van der Waals surface area contributed by atoms with Gasteiger partial charge in [0.15, 0.2) is 0 Å². The maximum absolute atomic E-state index is 3.55. The summed E-state index contributed by atoms with van der Waals surface area (Å²) in [5.41, 5.74) is 5.17. The topological polar surface area (TPSA) is 0 Å². The number of thiophene rings is 1. The monoisotopic (exact) mass is 198 g/mol. The molecular weight excluding hydrogens is 188 g/mol. The predicted octanol–water partition coefficient (Wildman–Crippen LogP) is 4.21. The van der Waals surface area contributed by atoms with Gasteiger partial charge in [0.2, 0.25) is 0 Å². The molecule has 0 radical (unpaired) electrons. The predicted molar refractivity (Wildman–Crippen MR) is 63.4 cm³/mol. The fourth-order valence-electron chi connectivity index (χ4n) is 1.30. The van der Waals surface area contributed by atoms with Crippen molar-refractivity contribution in [2.75, 3.05) is 0 Å². The third-order valence-electron chi connectivity index (χ3n) is 1.99. The van der Waals surface area contributed by atoms with Crippen LogP contribution in [0.4, 0.5) is 0 Å². The standard InChI is InChI=1S/C13H10S/c1-2-4-11-6-8-12(9-7-11)13-5-3-10-14-13/h3-10H,1H2. The lowest BCUT2D eigenvalue weighted by Gasteiger charge is -1.97. The normalized spacial score (nSPS) is 9.43. The minimum Gasteiger partial charge on any atom is -0.144 e. The van der Waals surface area contributed by atoms with Crippen molar-refractivity contribution in [2.24, 2.45) is 0 Å². The Hall–Kier alpha value is -1.56. The van der Waals surface area contributed by atoms with E-state index < -0.39 is 0 Å². The summed E-state index contributed by atoms with van der Waals surface area (Å²) in [5.74, 6) is 0. The van der Waals surface area contributed by atoms with Crippen molar-refractivity contribution in [1.29, 1.82) is 0 Å². The van der Waals surface area contributed by atoms with E-state index in [2.05, 4.69) is 54.1 Å². The second kappa shape index (κ2) is 4.10. The van der Waals surface area contributed by atoms with Crippen LogP contribution < -0.4 is 0 Å². The largest absolute Gasteiger partial charge is 0.144 e. The zero-order valence-corrected chi connectivity index (χ0v) is 8.55. The van der Waals surface area contributed by atoms with Gasteiger partial charge in [-0.15, -0.1) is 17.1 Å². The fraction of sp³-hybridized carbons (Fsp3) is 0. The molecule has 2 aromatic rings. The summed E-state index contributed by atoms with van der Waals surface area (Å²) in [6, 6.07) is 12.6. The van der Waals surface area contributed by atoms with Crippen LogP contribution in [0.3, 0.4) is 0 Å². The molecule has 0 amide bonds. The molecule has 0 saturated heterocycles. The van der Waals surface area contributed by atoms with Crippen LogP contribution in [0.25, 0.3) is 16.5 Å². The SMILES string of the molecule is C=C=Cc1ccc(-c2cccs2)cc1. The van der Waals surface area contributed by atoms with Gasteiger partial charge in [-0.05, 0) is 28.6 Å². The zero-order chi connectivity index (χ0) is 9.80. The van der Waals surface area contributed by atoms with Crippen LogP contribution in [0.2, 0.25) is 0 Å². The van der Waals surface area contributed by atoms with Gasteiger partial charge in [0.25, 0.3) is 0 Å². The first-order chi connectivity index (χ1) is 6.90. The maximum atomic E-state index is 3.55. The zero-order valence-electron chi connectivity index (χ0n) is 7.73. The second-order valence-corrected chi connectivity index (χ2v) is 3.90. The van der Waals surface area contributed by atoms with E-state index in [4.69, 9.17) is 0 Å². The van der Waals surface area contributed by atoms with E-state index >= 15 is 0 Å². The number of benzene rings is 1. The van der Waals surface area contributed by atoms with E-state index in [1.807, 2.05) is 6.08 Å². The van der Waals surface area contributed by atoms with E-state index in [-0.39, 0.29) is 0 Å². The molecule has 14 heavy (non-hydrogen) atoms. The summed E-state index contributed by atoms with van der Waals surface area (Å²) in [6.07, 6.45) is 1.87. The third-order valence-corrected chi connectivity index (χ3v) is 2.90. The molecule has 68 valence electrons. The first-order valence-electron chi connectivity index (χ1n) is 4.40. The summed E-state index contributed by atoms with van der Waals surface area (Å²) < 4.78 is 0. The third kappa shape index (κ3) is 1.85. The van der Waals surface area contributed by atoms with Gasteiger partial charge in [0.05, 0.1) is 0 Å². The lowest BCUT2D eigenvalue weighted by molar-refractivity contribution is 1.65. The van der Waals surface area contributed by atoms with Crippen molar-refractivity contribution in [2.45, 2.75) is 0 Å². The smallest absolute Gasteiger partial charge is 0.0342 e. The molecular formula is C13H10S. The van der Waals surface area contributed by atoms with Crippen LogP contribution in [0.15, 0.2) is 54.1 Å². The Morgan fingerprint density at radius 1 is 1.14 bits per heavy atom. The van der Waals surface area contributed by atoms with Crippen molar-refractivity contribution in [3.05, 3.63) is 59.7 Å². The van der Waals surface area contributed by atoms with Gasteiger partial charge >= 0.3 is 0 Å². The molecule has 1 heteroatoms. The Labute approximate surface area is 87.8 Å². The van der Waals surface area contributed by atoms with Crippen molar-refractivity contribution in [1.82, 2.24) is 0 Å². The van der Waals surface area contributed by atoms with Crippen LogP contribution >= 0.6 is 11.3 Å². The van der Waals surface area contributed by atoms with Crippen LogP contribution in [0, 0.1) is 0 Å². The van der Waals surface area contributed by atoms with Gasteiger partial charge < -0.3 is 0 Å². The molecule has 0 unspecified atom stereocenters. The Kier molecular flexibility index (Phi) is 2.64. The molecule has 1 aromatic carbocycles. The van der Waals surface area contributed by atoms with Crippen molar-refractivity contribution in [3.63, 3.8) is 0 Å². The van der Waals surface area contributed by atoms with E-state index in [9.17, 15) is 0 Å². The highest BCUT2D eigenvalue weighted by atomic mass is 32.1. The molecule has 0 N–H and O–H groups in total. The van der Waals surface area contributed by atoms with E-state index in [0.29, 0.717) is 0 Å². The lowest BCUT2D eigenvalue weighted by atomic mass is 10.1. The minimum absolute atomic E-state index is 1.14. The fourth-order valence-corrected chi connectivity index (χ4v) is 2.04. The van der Waals surface area contributed by atoms with Crippen molar-refractivity contribution in [3.8, 4) is 10.4 Å². The molecule has 0 nitrogen and oxygen atoms in total. The van der Waals surface area contributed by atoms with Gasteiger partial charge in [-0.25, -0.2) is 0 Å².